The average molecular weight is 288 g/mol. The van der Waals surface area contributed by atoms with Crippen LogP contribution in [0.3, 0.4) is 0 Å². The van der Waals surface area contributed by atoms with Gasteiger partial charge in [0.1, 0.15) is 0 Å². The highest BCUT2D eigenvalue weighted by atomic mass is 16.5. The summed E-state index contributed by atoms with van der Waals surface area (Å²) in [6.45, 7) is 4.64. The lowest BCUT2D eigenvalue weighted by Gasteiger charge is -2.11. The van der Waals surface area contributed by atoms with Gasteiger partial charge in [-0.2, -0.15) is 5.10 Å². The Hall–Kier alpha value is -2.50. The number of hydrogen-bond donors (Lipinski definition) is 2. The normalized spacial score (nSPS) is 10.5. The second-order valence-electron chi connectivity index (χ2n) is 4.92. The maximum Gasteiger partial charge on any atom is 0.337 e. The second-order valence-corrected chi connectivity index (χ2v) is 4.92. The molecule has 112 valence electrons. The van der Waals surface area contributed by atoms with E-state index in [0.717, 1.165) is 22.6 Å². The van der Waals surface area contributed by atoms with E-state index < -0.39 is 5.97 Å². The van der Waals surface area contributed by atoms with Gasteiger partial charge in [-0.05, 0) is 32.0 Å². The van der Waals surface area contributed by atoms with Gasteiger partial charge >= 0.3 is 5.97 Å². The number of carbonyl (C=O) groups is 1. The van der Waals surface area contributed by atoms with Gasteiger partial charge in [-0.1, -0.05) is 0 Å². The molecule has 3 N–H and O–H groups in total. The van der Waals surface area contributed by atoms with Crippen LogP contribution in [-0.4, -0.2) is 22.9 Å². The third-order valence-electron chi connectivity index (χ3n) is 3.59. The van der Waals surface area contributed by atoms with Gasteiger partial charge in [0.25, 0.3) is 0 Å². The number of aryl methyl sites for hydroxylation is 2. The van der Waals surface area contributed by atoms with Crippen molar-refractivity contribution in [3.63, 3.8) is 0 Å². The lowest BCUT2D eigenvalue weighted by Crippen LogP contribution is -2.07. The minimum Gasteiger partial charge on any atom is -0.465 e. The number of rotatable bonds is 4. The highest BCUT2D eigenvalue weighted by Crippen LogP contribution is 2.22. The first-order valence-electron chi connectivity index (χ1n) is 6.64. The maximum atomic E-state index is 11.4. The van der Waals surface area contributed by atoms with E-state index >= 15 is 0 Å². The van der Waals surface area contributed by atoms with E-state index in [0.29, 0.717) is 17.8 Å². The van der Waals surface area contributed by atoms with E-state index in [-0.39, 0.29) is 0 Å². The zero-order chi connectivity index (χ0) is 15.6. The van der Waals surface area contributed by atoms with Gasteiger partial charge in [0.2, 0.25) is 0 Å². The fraction of sp³-hybridized carbons (Fsp3) is 0.333. The largest absolute Gasteiger partial charge is 0.465 e. The summed E-state index contributed by atoms with van der Waals surface area (Å²) in [5.74, 6) is -0.396. The molecule has 0 unspecified atom stereocenters. The summed E-state index contributed by atoms with van der Waals surface area (Å²) < 4.78 is 6.53. The standard InChI is InChI=1S/C15H20N4O2/c1-9-12(10(2)19(3)18-9)8-17-14-6-5-11(7-13(14)16)15(20)21-4/h5-7,17H,8,16H2,1-4H3. The fourth-order valence-electron chi connectivity index (χ4n) is 2.23. The Balaban J connectivity index is 2.15. The molecule has 0 aliphatic carbocycles. The van der Waals surface area contributed by atoms with E-state index in [4.69, 9.17) is 5.73 Å². The zero-order valence-electron chi connectivity index (χ0n) is 12.7. The Morgan fingerprint density at radius 3 is 2.67 bits per heavy atom. The van der Waals surface area contributed by atoms with Crippen molar-refractivity contribution in [3.05, 3.63) is 40.7 Å². The smallest absolute Gasteiger partial charge is 0.337 e. The van der Waals surface area contributed by atoms with Crippen molar-refractivity contribution in [2.75, 3.05) is 18.2 Å². The van der Waals surface area contributed by atoms with Crippen molar-refractivity contribution in [2.24, 2.45) is 7.05 Å². The van der Waals surface area contributed by atoms with Gasteiger partial charge < -0.3 is 15.8 Å². The molecule has 0 bridgehead atoms. The molecule has 0 aliphatic heterocycles. The van der Waals surface area contributed by atoms with Crippen LogP contribution in [0.15, 0.2) is 18.2 Å². The van der Waals surface area contributed by atoms with Crippen LogP contribution in [0.2, 0.25) is 0 Å². The molecule has 1 aromatic carbocycles. The van der Waals surface area contributed by atoms with Crippen LogP contribution in [0.5, 0.6) is 0 Å². The van der Waals surface area contributed by atoms with E-state index in [9.17, 15) is 4.79 Å². The topological polar surface area (TPSA) is 82.2 Å². The van der Waals surface area contributed by atoms with Gasteiger partial charge in [-0.15, -0.1) is 0 Å². The molecule has 1 aromatic heterocycles. The number of nitrogens with zero attached hydrogens (tertiary/aromatic N) is 2. The van der Waals surface area contributed by atoms with Crippen LogP contribution >= 0.6 is 0 Å². The predicted octanol–water partition coefficient (Wildman–Crippen LogP) is 2.02. The number of nitrogens with one attached hydrogen (secondary N) is 1. The van der Waals surface area contributed by atoms with E-state index in [1.165, 1.54) is 7.11 Å². The molecule has 1 heterocycles. The molecule has 0 spiro atoms. The van der Waals surface area contributed by atoms with Crippen LogP contribution in [-0.2, 0) is 18.3 Å². The van der Waals surface area contributed by atoms with Crippen molar-refractivity contribution in [2.45, 2.75) is 20.4 Å². The van der Waals surface area contributed by atoms with Crippen molar-refractivity contribution >= 4 is 17.3 Å². The molecule has 0 amide bonds. The number of nitrogen functional groups attached to an aromatic ring is 1. The average Bonchev–Trinajstić information content (AvgIpc) is 2.70. The molecular weight excluding hydrogens is 268 g/mol. The van der Waals surface area contributed by atoms with Crippen molar-refractivity contribution < 1.29 is 9.53 Å². The molecule has 0 aliphatic rings. The van der Waals surface area contributed by atoms with E-state index in [1.54, 1.807) is 18.2 Å². The van der Waals surface area contributed by atoms with Crippen LogP contribution < -0.4 is 11.1 Å². The summed E-state index contributed by atoms with van der Waals surface area (Å²) in [6.07, 6.45) is 0. The molecule has 0 saturated heterocycles. The molecule has 6 heteroatoms. The Morgan fingerprint density at radius 2 is 2.14 bits per heavy atom. The molecule has 0 radical (unpaired) electrons. The second kappa shape index (κ2) is 5.87. The summed E-state index contributed by atoms with van der Waals surface area (Å²) >= 11 is 0. The minimum absolute atomic E-state index is 0.396. The molecular formula is C15H20N4O2. The lowest BCUT2D eigenvalue weighted by atomic mass is 10.1. The SMILES string of the molecule is COC(=O)c1ccc(NCc2c(C)nn(C)c2C)c(N)c1. The third kappa shape index (κ3) is 2.99. The van der Waals surface area contributed by atoms with Gasteiger partial charge in [0.15, 0.2) is 0 Å². The van der Waals surface area contributed by atoms with Gasteiger partial charge in [0.05, 0.1) is 29.7 Å². The Morgan fingerprint density at radius 1 is 1.43 bits per heavy atom. The van der Waals surface area contributed by atoms with Crippen LogP contribution in [0.1, 0.15) is 27.3 Å². The van der Waals surface area contributed by atoms with Crippen molar-refractivity contribution in [3.8, 4) is 0 Å². The Bertz CT molecular complexity index is 677. The number of carbonyl (C=O) groups excluding carboxylic acids is 1. The molecule has 2 rings (SSSR count). The first-order chi connectivity index (χ1) is 9.93. The Labute approximate surface area is 123 Å². The summed E-state index contributed by atoms with van der Waals surface area (Å²) in [4.78, 5) is 11.4. The third-order valence-corrected chi connectivity index (χ3v) is 3.59. The number of esters is 1. The summed E-state index contributed by atoms with van der Waals surface area (Å²) in [5, 5.41) is 7.66. The number of nitrogens with two attached hydrogens (primary N) is 1. The van der Waals surface area contributed by atoms with Crippen molar-refractivity contribution in [1.29, 1.82) is 0 Å². The fourth-order valence-corrected chi connectivity index (χ4v) is 2.23. The van der Waals surface area contributed by atoms with Gasteiger partial charge in [-0.3, -0.25) is 4.68 Å². The first kappa shape index (κ1) is 14.9. The molecule has 6 nitrogen and oxygen atoms in total. The number of aromatic nitrogens is 2. The van der Waals surface area contributed by atoms with Gasteiger partial charge in [0, 0.05) is 24.8 Å². The number of methoxy groups -OCH3 is 1. The Kier molecular flexibility index (Phi) is 4.16. The number of hydrogen-bond acceptors (Lipinski definition) is 5. The summed E-state index contributed by atoms with van der Waals surface area (Å²) in [5.41, 5.74) is 11.0. The highest BCUT2D eigenvalue weighted by Gasteiger charge is 2.11. The minimum atomic E-state index is -0.396. The van der Waals surface area contributed by atoms with Gasteiger partial charge in [-0.25, -0.2) is 4.79 Å². The maximum absolute atomic E-state index is 11.4. The highest BCUT2D eigenvalue weighted by molar-refractivity contribution is 5.91. The predicted molar refractivity (Wildman–Crippen MR) is 82.2 cm³/mol. The monoisotopic (exact) mass is 288 g/mol. The zero-order valence-corrected chi connectivity index (χ0v) is 12.7. The molecule has 0 fully saturated rings. The molecule has 21 heavy (non-hydrogen) atoms. The summed E-state index contributed by atoms with van der Waals surface area (Å²) in [6, 6.07) is 5.08. The lowest BCUT2D eigenvalue weighted by molar-refractivity contribution is 0.0601. The summed E-state index contributed by atoms with van der Waals surface area (Å²) in [7, 11) is 3.27. The van der Waals surface area contributed by atoms with Crippen molar-refractivity contribution in [1.82, 2.24) is 9.78 Å². The van der Waals surface area contributed by atoms with Crippen LogP contribution in [0, 0.1) is 13.8 Å². The number of anilines is 2. The number of benzene rings is 1. The van der Waals surface area contributed by atoms with Crippen LogP contribution in [0.4, 0.5) is 11.4 Å². The quantitative estimate of drug-likeness (QED) is 0.664. The van der Waals surface area contributed by atoms with Crippen LogP contribution in [0.25, 0.3) is 0 Å². The number of ether oxygens (including phenoxy) is 1. The molecule has 0 saturated carbocycles. The van der Waals surface area contributed by atoms with E-state index in [1.807, 2.05) is 25.6 Å². The first-order valence-corrected chi connectivity index (χ1v) is 6.64. The molecule has 0 atom stereocenters. The molecule has 2 aromatic rings. The van der Waals surface area contributed by atoms with E-state index in [2.05, 4.69) is 15.2 Å².